The number of urea groups is 1. The Balaban J connectivity index is 1.24. The van der Waals surface area contributed by atoms with E-state index in [9.17, 15) is 24.0 Å². The number of rotatable bonds is 10. The minimum absolute atomic E-state index is 0.0304. The zero-order valence-electron chi connectivity index (χ0n) is 23.9. The summed E-state index contributed by atoms with van der Waals surface area (Å²) in [6, 6.07) is 15.7. The Morgan fingerprint density at radius 1 is 0.953 bits per heavy atom. The number of hydrogen-bond donors (Lipinski definition) is 2. The SMILES string of the molecule is CCOC(=O)c1ccc(NC(=O)CN2C(=O)N(Cc3ccc(C(=O)NCc4ccco4)cc3)C(=O)C3CCCCC32)cc1. The molecule has 1 saturated carbocycles. The van der Waals surface area contributed by atoms with Gasteiger partial charge in [0.2, 0.25) is 11.8 Å². The lowest BCUT2D eigenvalue weighted by atomic mass is 9.81. The summed E-state index contributed by atoms with van der Waals surface area (Å²) in [6.07, 6.45) is 4.59. The molecular formula is C32H34N4O7. The molecule has 2 aromatic carbocycles. The van der Waals surface area contributed by atoms with Gasteiger partial charge < -0.3 is 24.7 Å². The smallest absolute Gasteiger partial charge is 0.338 e. The van der Waals surface area contributed by atoms with E-state index in [4.69, 9.17) is 9.15 Å². The molecule has 0 spiro atoms. The van der Waals surface area contributed by atoms with Crippen LogP contribution in [-0.4, -0.2) is 58.7 Å². The molecule has 1 saturated heterocycles. The first kappa shape index (κ1) is 29.6. The molecule has 5 rings (SSSR count). The molecule has 1 aromatic heterocycles. The van der Waals surface area contributed by atoms with Gasteiger partial charge in [0, 0.05) is 17.3 Å². The van der Waals surface area contributed by atoms with E-state index in [1.807, 2.05) is 0 Å². The average Bonchev–Trinajstić information content (AvgIpc) is 3.55. The minimum Gasteiger partial charge on any atom is -0.467 e. The molecule has 2 aliphatic rings. The van der Waals surface area contributed by atoms with E-state index < -0.39 is 17.9 Å². The predicted octanol–water partition coefficient (Wildman–Crippen LogP) is 4.35. The monoisotopic (exact) mass is 586 g/mol. The summed E-state index contributed by atoms with van der Waals surface area (Å²) in [6.45, 7) is 2.07. The van der Waals surface area contributed by atoms with Crippen molar-refractivity contribution in [3.8, 4) is 0 Å². The summed E-state index contributed by atoms with van der Waals surface area (Å²) in [7, 11) is 0. The van der Waals surface area contributed by atoms with E-state index in [-0.39, 0.29) is 50.0 Å². The molecule has 2 heterocycles. The molecule has 43 heavy (non-hydrogen) atoms. The number of carbonyl (C=O) groups is 5. The number of benzene rings is 2. The molecule has 3 aromatic rings. The van der Waals surface area contributed by atoms with Gasteiger partial charge in [-0.05, 0) is 73.9 Å². The van der Waals surface area contributed by atoms with E-state index in [1.165, 1.54) is 16.1 Å². The van der Waals surface area contributed by atoms with Crippen LogP contribution in [0.1, 0.15) is 64.6 Å². The largest absolute Gasteiger partial charge is 0.467 e. The van der Waals surface area contributed by atoms with E-state index >= 15 is 0 Å². The Labute approximate surface area is 249 Å². The van der Waals surface area contributed by atoms with Gasteiger partial charge in [0.1, 0.15) is 12.3 Å². The lowest BCUT2D eigenvalue weighted by Crippen LogP contribution is -2.63. The van der Waals surface area contributed by atoms with Gasteiger partial charge in [-0.15, -0.1) is 0 Å². The van der Waals surface area contributed by atoms with Crippen LogP contribution in [0.3, 0.4) is 0 Å². The quantitative estimate of drug-likeness (QED) is 0.337. The van der Waals surface area contributed by atoms with E-state index in [0.717, 1.165) is 12.8 Å². The maximum absolute atomic E-state index is 13.7. The van der Waals surface area contributed by atoms with Gasteiger partial charge in [0.05, 0.1) is 37.4 Å². The maximum Gasteiger partial charge on any atom is 0.338 e. The molecule has 2 atom stereocenters. The number of nitrogens with zero attached hydrogens (tertiary/aromatic N) is 2. The first-order valence-corrected chi connectivity index (χ1v) is 14.4. The first-order valence-electron chi connectivity index (χ1n) is 14.4. The van der Waals surface area contributed by atoms with E-state index in [1.54, 1.807) is 67.6 Å². The molecule has 5 amide bonds. The number of fused-ring (bicyclic) bond motifs is 1. The van der Waals surface area contributed by atoms with Crippen molar-refractivity contribution in [2.75, 3.05) is 18.5 Å². The summed E-state index contributed by atoms with van der Waals surface area (Å²) >= 11 is 0. The highest BCUT2D eigenvalue weighted by atomic mass is 16.5. The number of carbonyl (C=O) groups excluding carboxylic acids is 5. The summed E-state index contributed by atoms with van der Waals surface area (Å²) < 4.78 is 10.2. The van der Waals surface area contributed by atoms with Crippen molar-refractivity contribution < 1.29 is 33.1 Å². The van der Waals surface area contributed by atoms with Crippen molar-refractivity contribution in [1.82, 2.24) is 15.1 Å². The van der Waals surface area contributed by atoms with Gasteiger partial charge in [-0.3, -0.25) is 19.3 Å². The second-order valence-corrected chi connectivity index (χ2v) is 10.6. The highest BCUT2D eigenvalue weighted by Crippen LogP contribution is 2.35. The third-order valence-corrected chi connectivity index (χ3v) is 7.74. The van der Waals surface area contributed by atoms with Crippen molar-refractivity contribution in [1.29, 1.82) is 0 Å². The Kier molecular flexibility index (Phi) is 9.19. The molecule has 1 aliphatic carbocycles. The van der Waals surface area contributed by atoms with Gasteiger partial charge in [0.15, 0.2) is 0 Å². The summed E-state index contributed by atoms with van der Waals surface area (Å²) in [5.74, 6) is -1.10. The fraction of sp³-hybridized carbons (Fsp3) is 0.344. The number of amides is 5. The van der Waals surface area contributed by atoms with Crippen molar-refractivity contribution in [3.05, 3.63) is 89.4 Å². The second-order valence-electron chi connectivity index (χ2n) is 10.6. The number of furan rings is 1. The van der Waals surface area contributed by atoms with Crippen LogP contribution < -0.4 is 10.6 Å². The van der Waals surface area contributed by atoms with Crippen LogP contribution in [0, 0.1) is 5.92 Å². The van der Waals surface area contributed by atoms with E-state index in [0.29, 0.717) is 41.0 Å². The van der Waals surface area contributed by atoms with Crippen molar-refractivity contribution in [3.63, 3.8) is 0 Å². The van der Waals surface area contributed by atoms with Gasteiger partial charge >= 0.3 is 12.0 Å². The predicted molar refractivity (Wildman–Crippen MR) is 156 cm³/mol. The molecule has 11 heteroatoms. The van der Waals surface area contributed by atoms with Crippen LogP contribution in [0.2, 0.25) is 0 Å². The van der Waals surface area contributed by atoms with E-state index in [2.05, 4.69) is 10.6 Å². The summed E-state index contributed by atoms with van der Waals surface area (Å²) in [4.78, 5) is 67.3. The number of esters is 1. The van der Waals surface area contributed by atoms with Crippen LogP contribution in [0.5, 0.6) is 0 Å². The Hall–Kier alpha value is -4.93. The first-order chi connectivity index (χ1) is 20.8. The molecule has 2 fully saturated rings. The zero-order chi connectivity index (χ0) is 30.3. The fourth-order valence-electron chi connectivity index (χ4n) is 5.58. The second kappa shape index (κ2) is 13.4. The van der Waals surface area contributed by atoms with Crippen LogP contribution in [0.25, 0.3) is 0 Å². The highest BCUT2D eigenvalue weighted by Gasteiger charge is 2.47. The zero-order valence-corrected chi connectivity index (χ0v) is 23.9. The molecule has 2 unspecified atom stereocenters. The van der Waals surface area contributed by atoms with Gasteiger partial charge in [-0.2, -0.15) is 0 Å². The Bertz CT molecular complexity index is 1470. The minimum atomic E-state index is -0.513. The van der Waals surface area contributed by atoms with Crippen LogP contribution in [0.15, 0.2) is 71.3 Å². The standard InChI is InChI=1S/C32H34N4O7/c1-2-42-31(40)23-13-15-24(16-14-23)34-28(37)20-35-27-8-4-3-7-26(27)30(39)36(32(35)41)19-21-9-11-22(12-10-21)29(38)33-18-25-6-5-17-43-25/h5-6,9-17,26-27H,2-4,7-8,18-20H2,1H3,(H,33,38)(H,34,37). The van der Waals surface area contributed by atoms with Crippen LogP contribution in [-0.2, 0) is 27.4 Å². The van der Waals surface area contributed by atoms with Crippen LogP contribution >= 0.6 is 0 Å². The molecule has 0 bridgehead atoms. The number of anilines is 1. The summed E-state index contributed by atoms with van der Waals surface area (Å²) in [5.41, 5.74) is 1.97. The van der Waals surface area contributed by atoms with Crippen molar-refractivity contribution in [2.45, 2.75) is 51.7 Å². The average molecular weight is 587 g/mol. The molecule has 11 nitrogen and oxygen atoms in total. The lowest BCUT2D eigenvalue weighted by molar-refractivity contribution is -0.142. The lowest BCUT2D eigenvalue weighted by Gasteiger charge is -2.46. The molecule has 0 radical (unpaired) electrons. The molecular weight excluding hydrogens is 552 g/mol. The van der Waals surface area contributed by atoms with Crippen molar-refractivity contribution in [2.24, 2.45) is 5.92 Å². The van der Waals surface area contributed by atoms with Gasteiger partial charge in [-0.1, -0.05) is 25.0 Å². The maximum atomic E-state index is 13.7. The van der Waals surface area contributed by atoms with Gasteiger partial charge in [-0.25, -0.2) is 9.59 Å². The normalized spacial score (nSPS) is 18.2. The number of hydrogen-bond acceptors (Lipinski definition) is 7. The molecule has 2 N–H and O–H groups in total. The fourth-order valence-corrected chi connectivity index (χ4v) is 5.58. The highest BCUT2D eigenvalue weighted by molar-refractivity contribution is 6.02. The topological polar surface area (TPSA) is 138 Å². The van der Waals surface area contributed by atoms with Gasteiger partial charge in [0.25, 0.3) is 5.91 Å². The Morgan fingerprint density at radius 2 is 1.67 bits per heavy atom. The number of imide groups is 1. The third kappa shape index (κ3) is 6.94. The third-order valence-electron chi connectivity index (χ3n) is 7.74. The summed E-state index contributed by atoms with van der Waals surface area (Å²) in [5, 5.41) is 5.57. The molecule has 224 valence electrons. The molecule has 1 aliphatic heterocycles. The Morgan fingerprint density at radius 3 is 2.37 bits per heavy atom. The number of nitrogens with one attached hydrogen (secondary N) is 2. The van der Waals surface area contributed by atoms with Crippen molar-refractivity contribution >= 4 is 35.4 Å². The number of ether oxygens (including phenoxy) is 1. The van der Waals surface area contributed by atoms with Crippen LogP contribution in [0.4, 0.5) is 10.5 Å².